The van der Waals surface area contributed by atoms with Crippen LogP contribution in [0, 0.1) is 0 Å². The van der Waals surface area contributed by atoms with Gasteiger partial charge in [0, 0.05) is 37.4 Å². The molecule has 120 valence electrons. The van der Waals surface area contributed by atoms with Crippen LogP contribution < -0.4 is 15.4 Å². The van der Waals surface area contributed by atoms with E-state index in [0.29, 0.717) is 18.5 Å². The summed E-state index contributed by atoms with van der Waals surface area (Å²) in [6, 6.07) is 4.43. The van der Waals surface area contributed by atoms with Crippen LogP contribution in [0.15, 0.2) is 18.3 Å². The summed E-state index contributed by atoms with van der Waals surface area (Å²) in [6.45, 7) is 2.77. The van der Waals surface area contributed by atoms with Crippen LogP contribution >= 0.6 is 0 Å². The average Bonchev–Trinajstić information content (AvgIpc) is 2.96. The molecule has 0 unspecified atom stereocenters. The van der Waals surface area contributed by atoms with Gasteiger partial charge >= 0.3 is 6.03 Å². The van der Waals surface area contributed by atoms with E-state index < -0.39 is 0 Å². The van der Waals surface area contributed by atoms with Crippen molar-refractivity contribution < 1.29 is 9.53 Å². The minimum Gasteiger partial charge on any atom is -0.481 e. The second kappa shape index (κ2) is 6.96. The van der Waals surface area contributed by atoms with Crippen LogP contribution in [0.25, 0.3) is 0 Å². The fourth-order valence-corrected chi connectivity index (χ4v) is 3.49. The van der Waals surface area contributed by atoms with Crippen LogP contribution in [0.2, 0.25) is 0 Å². The molecule has 3 rings (SSSR count). The van der Waals surface area contributed by atoms with Crippen LogP contribution in [0.3, 0.4) is 0 Å². The predicted molar refractivity (Wildman–Crippen MR) is 83.8 cm³/mol. The second-order valence-electron chi connectivity index (χ2n) is 6.03. The SMILES string of the molecule is COc1cc(CNC(=O)N[C@@H]2CCN3CCCC[C@@H]23)ccn1. The molecule has 2 N–H and O–H groups in total. The van der Waals surface area contributed by atoms with Gasteiger partial charge in [-0.05, 0) is 37.4 Å². The van der Waals surface area contributed by atoms with Crippen LogP contribution in [0.5, 0.6) is 5.88 Å². The Labute approximate surface area is 131 Å². The minimum atomic E-state index is -0.0896. The zero-order valence-electron chi connectivity index (χ0n) is 13.0. The number of amides is 2. The largest absolute Gasteiger partial charge is 0.481 e. The molecule has 6 nitrogen and oxygen atoms in total. The Kier molecular flexibility index (Phi) is 4.77. The Morgan fingerprint density at radius 1 is 1.41 bits per heavy atom. The monoisotopic (exact) mass is 304 g/mol. The predicted octanol–water partition coefficient (Wildman–Crippen LogP) is 1.52. The molecule has 1 aromatic rings. The Hall–Kier alpha value is -1.82. The van der Waals surface area contributed by atoms with Crippen molar-refractivity contribution in [1.82, 2.24) is 20.5 Å². The molecular weight excluding hydrogens is 280 g/mol. The summed E-state index contributed by atoms with van der Waals surface area (Å²) in [5.74, 6) is 0.563. The van der Waals surface area contributed by atoms with Gasteiger partial charge in [0.1, 0.15) is 0 Å². The first-order chi connectivity index (χ1) is 10.8. The maximum Gasteiger partial charge on any atom is 0.315 e. The van der Waals surface area contributed by atoms with Gasteiger partial charge in [-0.1, -0.05) is 6.42 Å². The average molecular weight is 304 g/mol. The number of nitrogens with zero attached hydrogens (tertiary/aromatic N) is 2. The van der Waals surface area contributed by atoms with Crippen molar-refractivity contribution in [2.75, 3.05) is 20.2 Å². The zero-order valence-corrected chi connectivity index (χ0v) is 13.0. The van der Waals surface area contributed by atoms with Gasteiger partial charge in [0.25, 0.3) is 0 Å². The van der Waals surface area contributed by atoms with Crippen LogP contribution in [0.4, 0.5) is 4.79 Å². The molecule has 0 aliphatic carbocycles. The van der Waals surface area contributed by atoms with Crippen molar-refractivity contribution in [1.29, 1.82) is 0 Å². The summed E-state index contributed by atoms with van der Waals surface area (Å²) in [4.78, 5) is 18.7. The summed E-state index contributed by atoms with van der Waals surface area (Å²) in [6.07, 6.45) is 6.51. The number of urea groups is 1. The Bertz CT molecular complexity index is 523. The highest BCUT2D eigenvalue weighted by atomic mass is 16.5. The summed E-state index contributed by atoms with van der Waals surface area (Å²) in [7, 11) is 1.59. The first kappa shape index (κ1) is 15.1. The highest BCUT2D eigenvalue weighted by Crippen LogP contribution is 2.26. The van der Waals surface area contributed by atoms with Crippen molar-refractivity contribution in [3.05, 3.63) is 23.9 Å². The lowest BCUT2D eigenvalue weighted by Crippen LogP contribution is -2.49. The number of rotatable bonds is 4. The van der Waals surface area contributed by atoms with Gasteiger partial charge in [-0.15, -0.1) is 0 Å². The third-order valence-electron chi connectivity index (χ3n) is 4.63. The van der Waals surface area contributed by atoms with E-state index in [4.69, 9.17) is 4.74 Å². The molecular formula is C16H24N4O2. The lowest BCUT2D eigenvalue weighted by atomic mass is 9.99. The Morgan fingerprint density at radius 2 is 2.32 bits per heavy atom. The maximum atomic E-state index is 12.1. The van der Waals surface area contributed by atoms with Crippen molar-refractivity contribution in [3.8, 4) is 5.88 Å². The topological polar surface area (TPSA) is 66.5 Å². The van der Waals surface area contributed by atoms with E-state index in [9.17, 15) is 4.79 Å². The number of hydrogen-bond acceptors (Lipinski definition) is 4. The van der Waals surface area contributed by atoms with E-state index in [1.165, 1.54) is 25.8 Å². The summed E-state index contributed by atoms with van der Waals surface area (Å²) in [5.41, 5.74) is 0.979. The van der Waals surface area contributed by atoms with Crippen molar-refractivity contribution >= 4 is 6.03 Å². The fraction of sp³-hybridized carbons (Fsp3) is 0.625. The van der Waals surface area contributed by atoms with Gasteiger partial charge < -0.3 is 15.4 Å². The number of pyridine rings is 1. The highest BCUT2D eigenvalue weighted by Gasteiger charge is 2.36. The number of methoxy groups -OCH3 is 1. The highest BCUT2D eigenvalue weighted by molar-refractivity contribution is 5.74. The molecule has 2 amide bonds. The summed E-state index contributed by atoms with van der Waals surface area (Å²) in [5, 5.41) is 6.06. The second-order valence-corrected chi connectivity index (χ2v) is 6.03. The molecule has 0 radical (unpaired) electrons. The van der Waals surface area contributed by atoms with Crippen LogP contribution in [0.1, 0.15) is 31.2 Å². The number of fused-ring (bicyclic) bond motifs is 1. The van der Waals surface area contributed by atoms with E-state index in [0.717, 1.165) is 18.5 Å². The first-order valence-electron chi connectivity index (χ1n) is 8.03. The van der Waals surface area contributed by atoms with Gasteiger partial charge in [0.05, 0.1) is 7.11 Å². The molecule has 2 aliphatic rings. The molecule has 0 spiro atoms. The Morgan fingerprint density at radius 3 is 3.18 bits per heavy atom. The molecule has 2 atom stereocenters. The van der Waals surface area contributed by atoms with Gasteiger partial charge in [0.15, 0.2) is 0 Å². The zero-order chi connectivity index (χ0) is 15.4. The van der Waals surface area contributed by atoms with Gasteiger partial charge in [-0.2, -0.15) is 0 Å². The lowest BCUT2D eigenvalue weighted by Gasteiger charge is -2.32. The van der Waals surface area contributed by atoms with E-state index in [-0.39, 0.29) is 12.1 Å². The van der Waals surface area contributed by atoms with Crippen molar-refractivity contribution in [2.24, 2.45) is 0 Å². The molecule has 0 aromatic carbocycles. The standard InChI is InChI=1S/C16H24N4O2/c1-22-15-10-12(5-7-17-15)11-18-16(21)19-13-6-9-20-8-3-2-4-14(13)20/h5,7,10,13-14H,2-4,6,8-9,11H2,1H3,(H2,18,19,21)/t13-,14+/m1/s1. The van der Waals surface area contributed by atoms with E-state index in [1.807, 2.05) is 12.1 Å². The number of carbonyl (C=O) groups is 1. The molecule has 2 fully saturated rings. The van der Waals surface area contributed by atoms with Gasteiger partial charge in [-0.25, -0.2) is 9.78 Å². The lowest BCUT2D eigenvalue weighted by molar-refractivity contribution is 0.179. The van der Waals surface area contributed by atoms with Crippen molar-refractivity contribution in [2.45, 2.75) is 44.3 Å². The summed E-state index contributed by atoms with van der Waals surface area (Å²) >= 11 is 0. The molecule has 22 heavy (non-hydrogen) atoms. The van der Waals surface area contributed by atoms with Crippen LogP contribution in [-0.4, -0.2) is 48.2 Å². The number of carbonyl (C=O) groups excluding carboxylic acids is 1. The number of aromatic nitrogens is 1. The van der Waals surface area contributed by atoms with E-state index >= 15 is 0 Å². The molecule has 2 saturated heterocycles. The van der Waals surface area contributed by atoms with E-state index in [2.05, 4.69) is 20.5 Å². The number of hydrogen-bond donors (Lipinski definition) is 2. The smallest absolute Gasteiger partial charge is 0.315 e. The quantitative estimate of drug-likeness (QED) is 0.885. The molecule has 0 bridgehead atoms. The third kappa shape index (κ3) is 3.50. The molecule has 2 aliphatic heterocycles. The molecule has 1 aromatic heterocycles. The molecule has 3 heterocycles. The number of ether oxygens (including phenoxy) is 1. The third-order valence-corrected chi connectivity index (χ3v) is 4.63. The van der Waals surface area contributed by atoms with E-state index in [1.54, 1.807) is 13.3 Å². The summed E-state index contributed by atoms with van der Waals surface area (Å²) < 4.78 is 5.08. The van der Waals surface area contributed by atoms with Crippen LogP contribution in [-0.2, 0) is 6.54 Å². The molecule has 6 heteroatoms. The minimum absolute atomic E-state index is 0.0896. The Balaban J connectivity index is 1.48. The maximum absolute atomic E-state index is 12.1. The number of piperidine rings is 1. The van der Waals surface area contributed by atoms with Gasteiger partial charge in [-0.3, -0.25) is 4.90 Å². The normalized spacial score (nSPS) is 24.6. The fourth-order valence-electron chi connectivity index (χ4n) is 3.49. The van der Waals surface area contributed by atoms with Crippen molar-refractivity contribution in [3.63, 3.8) is 0 Å². The first-order valence-corrected chi connectivity index (χ1v) is 8.03. The number of nitrogens with one attached hydrogen (secondary N) is 2. The van der Waals surface area contributed by atoms with Gasteiger partial charge in [0.2, 0.25) is 5.88 Å². The molecule has 0 saturated carbocycles.